The van der Waals surface area contributed by atoms with Crippen molar-refractivity contribution in [1.82, 2.24) is 0 Å². The number of rotatable bonds is 8. The van der Waals surface area contributed by atoms with E-state index in [0.29, 0.717) is 0 Å². The summed E-state index contributed by atoms with van der Waals surface area (Å²) < 4.78 is 0. The topological polar surface area (TPSA) is 76.1 Å². The molecule has 5 aromatic rings. The highest BCUT2D eigenvalue weighted by Gasteiger charge is 2.15. The maximum atomic E-state index is 5.83. The van der Waals surface area contributed by atoms with Gasteiger partial charge in [-0.1, -0.05) is 48.5 Å². The third-order valence-corrected chi connectivity index (χ3v) is 8.13. The molecule has 0 aliphatic carbocycles. The summed E-state index contributed by atoms with van der Waals surface area (Å²) in [6.45, 7) is 10.6. The van der Waals surface area contributed by atoms with Crippen molar-refractivity contribution in [3.8, 4) is 22.3 Å². The van der Waals surface area contributed by atoms with Crippen LogP contribution in [-0.2, 0) is 13.1 Å². The van der Waals surface area contributed by atoms with Crippen molar-refractivity contribution >= 4 is 22.7 Å². The van der Waals surface area contributed by atoms with Crippen molar-refractivity contribution in [2.24, 2.45) is 0 Å². The maximum absolute atomic E-state index is 5.83. The van der Waals surface area contributed by atoms with E-state index in [-0.39, 0.29) is 0 Å². The molecular formula is C36H38N4. The highest BCUT2D eigenvalue weighted by molar-refractivity contribution is 5.69. The Balaban J connectivity index is 1.26. The first-order valence-electron chi connectivity index (χ1n) is 13.8. The van der Waals surface area contributed by atoms with Crippen LogP contribution in [0.15, 0.2) is 97.1 Å². The van der Waals surface area contributed by atoms with Crippen molar-refractivity contribution in [1.29, 1.82) is 0 Å². The molecule has 0 unspecified atom stereocenters. The Hall–Kier alpha value is -4.70. The van der Waals surface area contributed by atoms with Crippen molar-refractivity contribution in [3.05, 3.63) is 130 Å². The van der Waals surface area contributed by atoms with Gasteiger partial charge in [0.05, 0.1) is 0 Å². The van der Waals surface area contributed by atoms with E-state index in [9.17, 15) is 0 Å². The first-order chi connectivity index (χ1) is 19.3. The quantitative estimate of drug-likeness (QED) is 0.153. The Kier molecular flexibility index (Phi) is 7.79. The molecule has 5 aromatic carbocycles. The molecule has 0 aliphatic rings. The molecule has 0 saturated carbocycles. The summed E-state index contributed by atoms with van der Waals surface area (Å²) in [6.07, 6.45) is 0. The Morgan fingerprint density at radius 2 is 0.650 bits per heavy atom. The Bertz CT molecular complexity index is 1450. The molecule has 0 spiro atoms. The fourth-order valence-electron chi connectivity index (χ4n) is 5.29. The van der Waals surface area contributed by atoms with Gasteiger partial charge in [0, 0.05) is 35.8 Å². The van der Waals surface area contributed by atoms with E-state index in [1.165, 1.54) is 55.6 Å². The number of hydrogen-bond donors (Lipinski definition) is 4. The molecule has 40 heavy (non-hydrogen) atoms. The first-order valence-corrected chi connectivity index (χ1v) is 13.8. The molecule has 5 rings (SSSR count). The van der Waals surface area contributed by atoms with Crippen LogP contribution in [0.25, 0.3) is 22.3 Å². The van der Waals surface area contributed by atoms with Crippen LogP contribution < -0.4 is 22.1 Å². The van der Waals surface area contributed by atoms with Gasteiger partial charge in [-0.25, -0.2) is 0 Å². The number of nitrogens with two attached hydrogens (primary N) is 2. The van der Waals surface area contributed by atoms with Gasteiger partial charge in [0.25, 0.3) is 0 Å². The minimum atomic E-state index is 0.782. The first kappa shape index (κ1) is 26.9. The lowest BCUT2D eigenvalue weighted by molar-refractivity contribution is 1.01. The third-order valence-electron chi connectivity index (χ3n) is 8.13. The Morgan fingerprint density at radius 1 is 0.400 bits per heavy atom. The van der Waals surface area contributed by atoms with Crippen LogP contribution in [0.3, 0.4) is 0 Å². The van der Waals surface area contributed by atoms with E-state index in [2.05, 4.69) is 111 Å². The van der Waals surface area contributed by atoms with E-state index in [1.54, 1.807) is 0 Å². The van der Waals surface area contributed by atoms with E-state index in [4.69, 9.17) is 11.5 Å². The van der Waals surface area contributed by atoms with Gasteiger partial charge in [-0.3, -0.25) is 0 Å². The molecule has 0 aromatic heterocycles. The Labute approximate surface area is 238 Å². The van der Waals surface area contributed by atoms with E-state index in [1.807, 2.05) is 24.3 Å². The smallest absolute Gasteiger partial charge is 0.0406 e. The van der Waals surface area contributed by atoms with Crippen LogP contribution in [0.5, 0.6) is 0 Å². The summed E-state index contributed by atoms with van der Waals surface area (Å²) in [5.74, 6) is 0. The zero-order chi connectivity index (χ0) is 28.2. The lowest BCUT2D eigenvalue weighted by Crippen LogP contribution is -2.11. The van der Waals surface area contributed by atoms with Gasteiger partial charge in [-0.05, 0) is 132 Å². The second-order valence-corrected chi connectivity index (χ2v) is 10.6. The monoisotopic (exact) mass is 526 g/mol. The van der Waals surface area contributed by atoms with Crippen LogP contribution in [0, 0.1) is 27.7 Å². The summed E-state index contributed by atoms with van der Waals surface area (Å²) in [6, 6.07) is 33.2. The number of benzene rings is 5. The van der Waals surface area contributed by atoms with Crippen LogP contribution in [-0.4, -0.2) is 0 Å². The normalized spacial score (nSPS) is 10.9. The summed E-state index contributed by atoms with van der Waals surface area (Å²) in [7, 11) is 0. The minimum Gasteiger partial charge on any atom is -0.399 e. The number of anilines is 4. The van der Waals surface area contributed by atoms with Crippen LogP contribution in [0.2, 0.25) is 0 Å². The molecule has 0 saturated heterocycles. The molecule has 0 aliphatic heterocycles. The van der Waals surface area contributed by atoms with Crippen molar-refractivity contribution in [3.63, 3.8) is 0 Å². The summed E-state index contributed by atoms with van der Waals surface area (Å²) in [5, 5.41) is 7.28. The number of hydrogen-bond acceptors (Lipinski definition) is 4. The predicted molar refractivity (Wildman–Crippen MR) is 173 cm³/mol. The van der Waals surface area contributed by atoms with Gasteiger partial charge in [-0.15, -0.1) is 0 Å². The van der Waals surface area contributed by atoms with Crippen LogP contribution in [0.1, 0.15) is 33.4 Å². The fraction of sp³-hybridized carbons (Fsp3) is 0.167. The average molecular weight is 527 g/mol. The van der Waals surface area contributed by atoms with E-state index < -0.39 is 0 Å². The highest BCUT2D eigenvalue weighted by atomic mass is 14.9. The molecule has 4 nitrogen and oxygen atoms in total. The minimum absolute atomic E-state index is 0.782. The molecule has 0 amide bonds. The molecule has 0 heterocycles. The average Bonchev–Trinajstić information content (AvgIpc) is 2.98. The Morgan fingerprint density at radius 3 is 0.925 bits per heavy atom. The van der Waals surface area contributed by atoms with Gasteiger partial charge in [-0.2, -0.15) is 0 Å². The van der Waals surface area contributed by atoms with Crippen molar-refractivity contribution < 1.29 is 0 Å². The van der Waals surface area contributed by atoms with Gasteiger partial charge in [0.15, 0.2) is 0 Å². The molecule has 0 bridgehead atoms. The molecule has 202 valence electrons. The summed E-state index contributed by atoms with van der Waals surface area (Å²) >= 11 is 0. The van der Waals surface area contributed by atoms with E-state index >= 15 is 0 Å². The lowest BCUT2D eigenvalue weighted by atomic mass is 9.88. The standard InChI is InChI=1S/C36H38N4/c1-23-24(2)36(22-40-34-19-11-30(12-20-34)28-7-15-32(38)16-8-28)26(4)25(3)35(23)21-39-33-17-9-29(10-18-33)27-5-13-31(37)14-6-27/h5-20,39-40H,21-22,37-38H2,1-4H3. The summed E-state index contributed by atoms with van der Waals surface area (Å²) in [4.78, 5) is 0. The van der Waals surface area contributed by atoms with Gasteiger partial charge < -0.3 is 22.1 Å². The van der Waals surface area contributed by atoms with Gasteiger partial charge >= 0.3 is 0 Å². The van der Waals surface area contributed by atoms with Crippen LogP contribution in [0.4, 0.5) is 22.7 Å². The fourth-order valence-corrected chi connectivity index (χ4v) is 5.29. The zero-order valence-corrected chi connectivity index (χ0v) is 23.8. The van der Waals surface area contributed by atoms with Crippen LogP contribution >= 0.6 is 0 Å². The largest absolute Gasteiger partial charge is 0.399 e. The second-order valence-electron chi connectivity index (χ2n) is 10.6. The predicted octanol–water partition coefficient (Wildman–Crippen LogP) is 8.64. The van der Waals surface area contributed by atoms with Crippen molar-refractivity contribution in [2.75, 3.05) is 22.1 Å². The molecule has 0 radical (unpaired) electrons. The molecule has 0 fully saturated rings. The molecule has 0 atom stereocenters. The van der Waals surface area contributed by atoms with Crippen molar-refractivity contribution in [2.45, 2.75) is 40.8 Å². The molecular weight excluding hydrogens is 488 g/mol. The molecule has 4 heteroatoms. The SMILES string of the molecule is Cc1c(C)c(CNc2ccc(-c3ccc(N)cc3)cc2)c(C)c(C)c1CNc1ccc(-c2ccc(N)cc2)cc1. The van der Waals surface area contributed by atoms with Gasteiger partial charge in [0.2, 0.25) is 0 Å². The second kappa shape index (κ2) is 11.6. The van der Waals surface area contributed by atoms with Gasteiger partial charge in [0.1, 0.15) is 0 Å². The highest BCUT2D eigenvalue weighted by Crippen LogP contribution is 2.29. The summed E-state index contributed by atoms with van der Waals surface area (Å²) in [5.41, 5.74) is 28.3. The third kappa shape index (κ3) is 5.81. The van der Waals surface area contributed by atoms with E-state index in [0.717, 1.165) is 35.8 Å². The molecule has 6 N–H and O–H groups in total. The zero-order valence-electron chi connectivity index (χ0n) is 23.8. The number of nitrogen functional groups attached to an aromatic ring is 2. The maximum Gasteiger partial charge on any atom is 0.0406 e. The number of nitrogens with one attached hydrogen (secondary N) is 2. The lowest BCUT2D eigenvalue weighted by Gasteiger charge is -2.22.